The number of hydrogen-bond acceptors (Lipinski definition) is 3. The van der Waals surface area contributed by atoms with Crippen LogP contribution in [0.15, 0.2) is 15.9 Å². The Bertz CT molecular complexity index is 418. The van der Waals surface area contributed by atoms with Crippen molar-refractivity contribution in [2.75, 3.05) is 13.1 Å². The molecular formula is C16H27BrN2S. The van der Waals surface area contributed by atoms with Crippen LogP contribution in [0.3, 0.4) is 0 Å². The first-order valence-corrected chi connectivity index (χ1v) is 9.38. The molecule has 1 N–H and O–H groups in total. The number of nitrogens with one attached hydrogen (secondary N) is 1. The van der Waals surface area contributed by atoms with Crippen LogP contribution in [0.25, 0.3) is 0 Å². The average molecular weight is 359 g/mol. The predicted octanol–water partition coefficient (Wildman–Crippen LogP) is 4.36. The van der Waals surface area contributed by atoms with E-state index in [1.807, 2.05) is 11.3 Å². The van der Waals surface area contributed by atoms with Crippen molar-refractivity contribution in [2.45, 2.75) is 52.7 Å². The minimum absolute atomic E-state index is 0.637. The van der Waals surface area contributed by atoms with Crippen molar-refractivity contribution < 1.29 is 0 Å². The third-order valence-corrected chi connectivity index (χ3v) is 6.25. The molecule has 1 aliphatic heterocycles. The SMILES string of the molecule is CCC(C)C1CN(Cc2cc(Br)cs2)C(C(C)C)CN1. The van der Waals surface area contributed by atoms with E-state index in [0.29, 0.717) is 18.0 Å². The first kappa shape index (κ1) is 16.5. The Kier molecular flexibility index (Phi) is 6.09. The molecule has 1 aromatic rings. The number of rotatable bonds is 5. The van der Waals surface area contributed by atoms with Crippen LogP contribution in [0.2, 0.25) is 0 Å². The van der Waals surface area contributed by atoms with Gasteiger partial charge in [0.2, 0.25) is 0 Å². The molecule has 3 atom stereocenters. The molecule has 0 aliphatic carbocycles. The summed E-state index contributed by atoms with van der Waals surface area (Å²) in [5.41, 5.74) is 0. The summed E-state index contributed by atoms with van der Waals surface area (Å²) in [4.78, 5) is 4.16. The highest BCUT2D eigenvalue weighted by molar-refractivity contribution is 9.10. The lowest BCUT2D eigenvalue weighted by Crippen LogP contribution is -2.59. The molecule has 1 aliphatic rings. The largest absolute Gasteiger partial charge is 0.311 e. The maximum Gasteiger partial charge on any atom is 0.0332 e. The molecule has 114 valence electrons. The highest BCUT2D eigenvalue weighted by atomic mass is 79.9. The summed E-state index contributed by atoms with van der Waals surface area (Å²) in [6.07, 6.45) is 1.25. The van der Waals surface area contributed by atoms with Gasteiger partial charge in [-0.25, -0.2) is 0 Å². The highest BCUT2D eigenvalue weighted by Gasteiger charge is 2.31. The molecule has 1 aromatic heterocycles. The van der Waals surface area contributed by atoms with Crippen molar-refractivity contribution >= 4 is 27.3 Å². The number of hydrogen-bond donors (Lipinski definition) is 1. The molecule has 1 fully saturated rings. The van der Waals surface area contributed by atoms with E-state index < -0.39 is 0 Å². The zero-order valence-corrected chi connectivity index (χ0v) is 15.4. The Balaban J connectivity index is 2.06. The lowest BCUT2D eigenvalue weighted by molar-refractivity contribution is 0.0762. The van der Waals surface area contributed by atoms with Crippen molar-refractivity contribution in [3.8, 4) is 0 Å². The Morgan fingerprint density at radius 2 is 2.20 bits per heavy atom. The molecule has 0 bridgehead atoms. The second kappa shape index (κ2) is 7.39. The third kappa shape index (κ3) is 4.06. The summed E-state index contributed by atoms with van der Waals surface area (Å²) in [5, 5.41) is 5.96. The van der Waals surface area contributed by atoms with Gasteiger partial charge in [0, 0.05) is 46.4 Å². The van der Waals surface area contributed by atoms with Crippen molar-refractivity contribution in [1.82, 2.24) is 10.2 Å². The fraction of sp³-hybridized carbons (Fsp3) is 0.750. The summed E-state index contributed by atoms with van der Waals surface area (Å²) < 4.78 is 1.22. The Morgan fingerprint density at radius 1 is 1.45 bits per heavy atom. The molecule has 2 heterocycles. The van der Waals surface area contributed by atoms with Gasteiger partial charge in [0.25, 0.3) is 0 Å². The molecule has 0 aromatic carbocycles. The summed E-state index contributed by atoms with van der Waals surface area (Å²) in [6, 6.07) is 3.55. The number of nitrogens with zero attached hydrogens (tertiary/aromatic N) is 1. The summed E-state index contributed by atoms with van der Waals surface area (Å²) in [5.74, 6) is 1.45. The maximum atomic E-state index is 3.77. The monoisotopic (exact) mass is 358 g/mol. The van der Waals surface area contributed by atoms with Crippen LogP contribution < -0.4 is 5.32 Å². The van der Waals surface area contributed by atoms with Gasteiger partial charge in [-0.2, -0.15) is 0 Å². The summed E-state index contributed by atoms with van der Waals surface area (Å²) >= 11 is 5.43. The molecule has 3 unspecified atom stereocenters. The summed E-state index contributed by atoms with van der Waals surface area (Å²) in [6.45, 7) is 12.7. The van der Waals surface area contributed by atoms with Gasteiger partial charge < -0.3 is 5.32 Å². The van der Waals surface area contributed by atoms with Gasteiger partial charge in [0.1, 0.15) is 0 Å². The minimum Gasteiger partial charge on any atom is -0.311 e. The van der Waals surface area contributed by atoms with E-state index in [-0.39, 0.29) is 0 Å². The molecular weight excluding hydrogens is 332 g/mol. The van der Waals surface area contributed by atoms with Crippen LogP contribution in [0, 0.1) is 11.8 Å². The molecule has 0 saturated carbocycles. The maximum absolute atomic E-state index is 3.77. The molecule has 1 saturated heterocycles. The van der Waals surface area contributed by atoms with Crippen LogP contribution in [0.1, 0.15) is 39.0 Å². The first-order chi connectivity index (χ1) is 9.51. The smallest absolute Gasteiger partial charge is 0.0332 e. The number of halogens is 1. The van der Waals surface area contributed by atoms with E-state index in [2.05, 4.69) is 65.3 Å². The van der Waals surface area contributed by atoms with Crippen molar-refractivity contribution in [1.29, 1.82) is 0 Å². The molecule has 2 rings (SSSR count). The fourth-order valence-corrected chi connectivity index (χ4v) is 4.47. The van der Waals surface area contributed by atoms with Gasteiger partial charge in [-0.15, -0.1) is 11.3 Å². The Morgan fingerprint density at radius 3 is 2.75 bits per heavy atom. The topological polar surface area (TPSA) is 15.3 Å². The first-order valence-electron chi connectivity index (χ1n) is 7.71. The zero-order chi connectivity index (χ0) is 14.7. The quantitative estimate of drug-likeness (QED) is 0.841. The molecule has 2 nitrogen and oxygen atoms in total. The summed E-state index contributed by atoms with van der Waals surface area (Å²) in [7, 11) is 0. The van der Waals surface area contributed by atoms with E-state index in [1.54, 1.807) is 0 Å². The fourth-order valence-electron chi connectivity index (χ4n) is 3.00. The van der Waals surface area contributed by atoms with Gasteiger partial charge in [0.05, 0.1) is 0 Å². The molecule has 4 heteroatoms. The van der Waals surface area contributed by atoms with Gasteiger partial charge in [-0.1, -0.05) is 34.1 Å². The zero-order valence-electron chi connectivity index (χ0n) is 13.0. The second-order valence-electron chi connectivity index (χ2n) is 6.37. The Hall–Kier alpha value is 0.1000. The number of thiophene rings is 1. The van der Waals surface area contributed by atoms with E-state index in [9.17, 15) is 0 Å². The van der Waals surface area contributed by atoms with Gasteiger partial charge in [-0.05, 0) is 33.8 Å². The standard InChI is InChI=1S/C16H27BrN2S/c1-5-12(4)15-9-19(16(7-18-15)11(2)3)8-14-6-13(17)10-20-14/h6,10-12,15-16,18H,5,7-9H2,1-4H3. The normalized spacial score (nSPS) is 26.1. The van der Waals surface area contributed by atoms with E-state index in [0.717, 1.165) is 19.0 Å². The third-order valence-electron chi connectivity index (χ3n) is 4.57. The predicted molar refractivity (Wildman–Crippen MR) is 92.3 cm³/mol. The van der Waals surface area contributed by atoms with Crippen LogP contribution in [0.4, 0.5) is 0 Å². The minimum atomic E-state index is 0.637. The van der Waals surface area contributed by atoms with E-state index >= 15 is 0 Å². The molecule has 0 amide bonds. The van der Waals surface area contributed by atoms with Gasteiger partial charge in [-0.3, -0.25) is 4.90 Å². The van der Waals surface area contributed by atoms with Crippen molar-refractivity contribution in [3.05, 3.63) is 20.8 Å². The Labute approximate surface area is 136 Å². The van der Waals surface area contributed by atoms with Crippen molar-refractivity contribution in [3.63, 3.8) is 0 Å². The lowest BCUT2D eigenvalue weighted by Gasteiger charge is -2.44. The van der Waals surface area contributed by atoms with Crippen LogP contribution in [-0.4, -0.2) is 30.1 Å². The van der Waals surface area contributed by atoms with Crippen molar-refractivity contribution in [2.24, 2.45) is 11.8 Å². The van der Waals surface area contributed by atoms with E-state index in [4.69, 9.17) is 0 Å². The van der Waals surface area contributed by atoms with Crippen LogP contribution in [0.5, 0.6) is 0 Å². The number of piperazine rings is 1. The molecule has 20 heavy (non-hydrogen) atoms. The van der Waals surface area contributed by atoms with Crippen LogP contribution >= 0.6 is 27.3 Å². The second-order valence-corrected chi connectivity index (χ2v) is 8.28. The van der Waals surface area contributed by atoms with Crippen LogP contribution in [-0.2, 0) is 6.54 Å². The van der Waals surface area contributed by atoms with Gasteiger partial charge in [0.15, 0.2) is 0 Å². The lowest BCUT2D eigenvalue weighted by atomic mass is 9.92. The van der Waals surface area contributed by atoms with Gasteiger partial charge >= 0.3 is 0 Å². The van der Waals surface area contributed by atoms with E-state index in [1.165, 1.54) is 22.3 Å². The average Bonchev–Trinajstić information content (AvgIpc) is 2.82. The molecule has 0 radical (unpaired) electrons. The highest BCUT2D eigenvalue weighted by Crippen LogP contribution is 2.26. The molecule has 0 spiro atoms.